The Hall–Kier alpha value is -5.30. The van der Waals surface area contributed by atoms with Gasteiger partial charge in [-0.05, 0) is 41.1 Å². The number of ketones is 1. The van der Waals surface area contributed by atoms with Gasteiger partial charge >= 0.3 is 5.97 Å². The number of methoxy groups -OCH3 is 3. The van der Waals surface area contributed by atoms with Crippen LogP contribution >= 0.6 is 0 Å². The number of hydrogen-bond donors (Lipinski definition) is 0. The molecule has 0 fully saturated rings. The van der Waals surface area contributed by atoms with Crippen LogP contribution < -0.4 is 18.9 Å². The summed E-state index contributed by atoms with van der Waals surface area (Å²) in [6.45, 7) is 0.151. The number of esters is 1. The Morgan fingerprint density at radius 2 is 1.34 bits per heavy atom. The van der Waals surface area contributed by atoms with E-state index in [4.69, 9.17) is 23.7 Å². The molecule has 222 valence electrons. The topological polar surface area (TPSA) is 80.3 Å². The summed E-state index contributed by atoms with van der Waals surface area (Å²) in [6, 6.07) is 28.5. The van der Waals surface area contributed by atoms with Gasteiger partial charge in [-0.1, -0.05) is 66.7 Å². The zero-order valence-electron chi connectivity index (χ0n) is 24.8. The van der Waals surface area contributed by atoms with Crippen LogP contribution in [0.5, 0.6) is 28.7 Å². The molecular weight excluding hydrogens is 556 g/mol. The molecule has 5 aromatic rings. The van der Waals surface area contributed by atoms with Gasteiger partial charge < -0.3 is 23.7 Å². The molecular formula is C37H32O7. The lowest BCUT2D eigenvalue weighted by atomic mass is 9.85. The average molecular weight is 589 g/mol. The number of hydrogen-bond acceptors (Lipinski definition) is 7. The number of rotatable bonds is 11. The van der Waals surface area contributed by atoms with Crippen molar-refractivity contribution in [3.05, 3.63) is 113 Å². The van der Waals surface area contributed by atoms with Gasteiger partial charge in [0, 0.05) is 41.0 Å². The number of benzene rings is 5. The Labute approximate surface area is 255 Å². The van der Waals surface area contributed by atoms with Crippen LogP contribution in [-0.4, -0.2) is 39.7 Å². The fourth-order valence-electron chi connectivity index (χ4n) is 5.67. The SMILES string of the molecule is COc1cc2c(cc1OC)-c1c(C(=O)OCCc3ccccc3)c(C(=O)CCc3ccccc3)cc3ccc(OC)c(c13)O2. The maximum atomic E-state index is 14.1. The second-order valence-electron chi connectivity index (χ2n) is 10.5. The number of carbonyl (C=O) groups is 2. The Bertz CT molecular complexity index is 1850. The molecule has 0 amide bonds. The predicted molar refractivity (Wildman–Crippen MR) is 169 cm³/mol. The van der Waals surface area contributed by atoms with Crippen molar-refractivity contribution in [1.82, 2.24) is 0 Å². The number of ether oxygens (including phenoxy) is 5. The summed E-state index contributed by atoms with van der Waals surface area (Å²) in [7, 11) is 4.65. The van der Waals surface area contributed by atoms with Crippen LogP contribution in [-0.2, 0) is 17.6 Å². The maximum absolute atomic E-state index is 14.1. The Morgan fingerprint density at radius 3 is 2.00 bits per heavy atom. The van der Waals surface area contributed by atoms with Crippen molar-refractivity contribution in [3.63, 3.8) is 0 Å². The Kier molecular flexibility index (Phi) is 8.19. The van der Waals surface area contributed by atoms with Gasteiger partial charge in [-0.25, -0.2) is 4.79 Å². The van der Waals surface area contributed by atoms with Gasteiger partial charge in [-0.15, -0.1) is 0 Å². The van der Waals surface area contributed by atoms with Gasteiger partial charge in [0.15, 0.2) is 28.8 Å². The van der Waals surface area contributed by atoms with Gasteiger partial charge in [0.2, 0.25) is 0 Å². The molecule has 1 heterocycles. The van der Waals surface area contributed by atoms with Crippen molar-refractivity contribution in [2.75, 3.05) is 27.9 Å². The van der Waals surface area contributed by atoms with E-state index in [1.54, 1.807) is 45.6 Å². The Morgan fingerprint density at radius 1 is 0.705 bits per heavy atom. The maximum Gasteiger partial charge on any atom is 0.339 e. The van der Waals surface area contributed by atoms with Crippen LogP contribution in [0.3, 0.4) is 0 Å². The number of fused-ring (bicyclic) bond motifs is 2. The molecule has 0 bridgehead atoms. The molecule has 0 radical (unpaired) electrons. The lowest BCUT2D eigenvalue weighted by Gasteiger charge is -2.27. The monoisotopic (exact) mass is 588 g/mol. The number of aryl methyl sites for hydroxylation is 1. The highest BCUT2D eigenvalue weighted by atomic mass is 16.5. The molecule has 0 saturated carbocycles. The third-order valence-electron chi connectivity index (χ3n) is 7.86. The van der Waals surface area contributed by atoms with Gasteiger partial charge in [0.05, 0.1) is 33.5 Å². The van der Waals surface area contributed by atoms with Crippen molar-refractivity contribution in [2.24, 2.45) is 0 Å². The molecule has 44 heavy (non-hydrogen) atoms. The average Bonchev–Trinajstić information content (AvgIpc) is 3.07. The first-order chi connectivity index (χ1) is 21.5. The minimum atomic E-state index is -0.586. The molecule has 0 N–H and O–H groups in total. The van der Waals surface area contributed by atoms with Gasteiger partial charge in [-0.3, -0.25) is 4.79 Å². The van der Waals surface area contributed by atoms with E-state index >= 15 is 0 Å². The zero-order valence-corrected chi connectivity index (χ0v) is 24.8. The molecule has 0 aromatic heterocycles. The van der Waals surface area contributed by atoms with Gasteiger partial charge in [0.25, 0.3) is 0 Å². The van der Waals surface area contributed by atoms with Crippen LogP contribution in [0.2, 0.25) is 0 Å². The third kappa shape index (κ3) is 5.44. The fourth-order valence-corrected chi connectivity index (χ4v) is 5.67. The predicted octanol–water partition coefficient (Wildman–Crippen LogP) is 7.85. The van der Waals surface area contributed by atoms with Crippen molar-refractivity contribution >= 4 is 22.5 Å². The molecule has 0 spiro atoms. The van der Waals surface area contributed by atoms with Crippen LogP contribution in [0.15, 0.2) is 91.0 Å². The molecule has 5 aromatic carbocycles. The molecule has 6 rings (SSSR count). The van der Waals surface area contributed by atoms with E-state index in [1.807, 2.05) is 66.7 Å². The lowest BCUT2D eigenvalue weighted by molar-refractivity contribution is 0.0507. The molecule has 0 saturated heterocycles. The highest BCUT2D eigenvalue weighted by molar-refractivity contribution is 6.19. The van der Waals surface area contributed by atoms with E-state index in [1.165, 1.54) is 0 Å². The highest BCUT2D eigenvalue weighted by Crippen LogP contribution is 2.54. The molecule has 0 atom stereocenters. The van der Waals surface area contributed by atoms with Crippen molar-refractivity contribution in [3.8, 4) is 39.9 Å². The second kappa shape index (κ2) is 12.5. The summed E-state index contributed by atoms with van der Waals surface area (Å²) in [5, 5.41) is 1.39. The van der Waals surface area contributed by atoms with Crippen LogP contribution in [0.25, 0.3) is 21.9 Å². The summed E-state index contributed by atoms with van der Waals surface area (Å²) in [5.74, 6) is 1.55. The van der Waals surface area contributed by atoms with Crippen molar-refractivity contribution < 1.29 is 33.3 Å². The van der Waals surface area contributed by atoms with Gasteiger partial charge in [0.1, 0.15) is 5.75 Å². The number of carbonyl (C=O) groups excluding carboxylic acids is 2. The number of Topliss-reactive ketones (excluding diaryl/α,β-unsaturated/α-hetero) is 1. The van der Waals surface area contributed by atoms with Crippen molar-refractivity contribution in [2.45, 2.75) is 19.3 Å². The van der Waals surface area contributed by atoms with Crippen molar-refractivity contribution in [1.29, 1.82) is 0 Å². The van der Waals surface area contributed by atoms with E-state index in [0.29, 0.717) is 63.7 Å². The third-order valence-corrected chi connectivity index (χ3v) is 7.86. The first-order valence-corrected chi connectivity index (χ1v) is 14.4. The molecule has 1 aliphatic heterocycles. The Balaban J connectivity index is 1.53. The molecule has 0 unspecified atom stereocenters. The summed E-state index contributed by atoms with van der Waals surface area (Å²) in [4.78, 5) is 28.1. The zero-order chi connectivity index (χ0) is 30.6. The molecule has 1 aliphatic rings. The molecule has 0 aliphatic carbocycles. The standard InChI is InChI=1S/C37H32O7/c1-40-29-17-15-25-20-26(28(38)16-14-23-10-6-4-7-11-23)35(37(39)43-19-18-24-12-8-5-9-13-24)34-27-21-31(41-2)32(42-3)22-30(27)44-36(29)33(25)34/h4-13,15,17,20-22H,14,16,18-19H2,1-3H3. The lowest BCUT2D eigenvalue weighted by Crippen LogP contribution is -2.17. The fraction of sp³-hybridized carbons (Fsp3) is 0.189. The minimum Gasteiger partial charge on any atom is -0.493 e. The van der Waals surface area contributed by atoms with Gasteiger partial charge in [-0.2, -0.15) is 0 Å². The van der Waals surface area contributed by atoms with Crippen LogP contribution in [0, 0.1) is 0 Å². The first kappa shape index (κ1) is 28.8. The molecule has 7 heteroatoms. The van der Waals surface area contributed by atoms with Crippen LogP contribution in [0.1, 0.15) is 38.3 Å². The van der Waals surface area contributed by atoms with E-state index in [0.717, 1.165) is 16.5 Å². The quantitative estimate of drug-likeness (QED) is 0.113. The molecule has 7 nitrogen and oxygen atoms in total. The first-order valence-electron chi connectivity index (χ1n) is 14.4. The summed E-state index contributed by atoms with van der Waals surface area (Å²) < 4.78 is 29.1. The normalized spacial score (nSPS) is 11.3. The largest absolute Gasteiger partial charge is 0.493 e. The second-order valence-corrected chi connectivity index (χ2v) is 10.5. The smallest absolute Gasteiger partial charge is 0.339 e. The van der Waals surface area contributed by atoms with E-state index in [9.17, 15) is 9.59 Å². The van der Waals surface area contributed by atoms with E-state index in [-0.39, 0.29) is 24.4 Å². The van der Waals surface area contributed by atoms with E-state index < -0.39 is 5.97 Å². The highest BCUT2D eigenvalue weighted by Gasteiger charge is 2.33. The van der Waals surface area contributed by atoms with E-state index in [2.05, 4.69) is 0 Å². The summed E-state index contributed by atoms with van der Waals surface area (Å²) in [6.07, 6.45) is 1.29. The minimum absolute atomic E-state index is 0.151. The van der Waals surface area contributed by atoms with Crippen LogP contribution in [0.4, 0.5) is 0 Å². The summed E-state index contributed by atoms with van der Waals surface area (Å²) in [5.41, 5.74) is 3.69. The summed E-state index contributed by atoms with van der Waals surface area (Å²) >= 11 is 0.